The Hall–Kier alpha value is -3.80. The van der Waals surface area contributed by atoms with Gasteiger partial charge in [0.15, 0.2) is 0 Å². The van der Waals surface area contributed by atoms with E-state index < -0.39 is 5.82 Å². The van der Waals surface area contributed by atoms with Crippen LogP contribution in [0.3, 0.4) is 0 Å². The van der Waals surface area contributed by atoms with Gasteiger partial charge < -0.3 is 5.32 Å². The summed E-state index contributed by atoms with van der Waals surface area (Å²) in [5.74, 6) is 0.0992. The third-order valence-corrected chi connectivity index (χ3v) is 4.15. The first kappa shape index (κ1) is 16.7. The van der Waals surface area contributed by atoms with Crippen LogP contribution in [0.5, 0.6) is 0 Å². The van der Waals surface area contributed by atoms with Gasteiger partial charge in [0.25, 0.3) is 0 Å². The molecule has 8 nitrogen and oxygen atoms in total. The van der Waals surface area contributed by atoms with Crippen molar-refractivity contribution in [2.75, 3.05) is 5.32 Å². The highest BCUT2D eigenvalue weighted by Gasteiger charge is 2.17. The number of hydrogen-bond donors (Lipinski definition) is 3. The Morgan fingerprint density at radius 1 is 1.19 bits per heavy atom. The summed E-state index contributed by atoms with van der Waals surface area (Å²) in [5.41, 5.74) is 4.26. The molecule has 134 valence electrons. The predicted octanol–water partition coefficient (Wildman–Crippen LogP) is 3.24. The van der Waals surface area contributed by atoms with Crippen molar-refractivity contribution in [1.82, 2.24) is 30.4 Å². The average molecular weight is 362 g/mol. The second kappa shape index (κ2) is 6.49. The summed E-state index contributed by atoms with van der Waals surface area (Å²) in [4.78, 5) is 8.67. The van der Waals surface area contributed by atoms with Gasteiger partial charge in [0.1, 0.15) is 40.1 Å². The Morgan fingerprint density at radius 2 is 2.04 bits per heavy atom. The first-order valence-corrected chi connectivity index (χ1v) is 8.24. The summed E-state index contributed by atoms with van der Waals surface area (Å²) >= 11 is 0. The third kappa shape index (κ3) is 3.08. The molecule has 0 fully saturated rings. The van der Waals surface area contributed by atoms with Gasteiger partial charge in [-0.2, -0.15) is 15.5 Å². The molecule has 0 aliphatic heterocycles. The molecule has 0 aliphatic carbocycles. The van der Waals surface area contributed by atoms with Crippen molar-refractivity contribution in [1.29, 1.82) is 5.26 Å². The fourth-order valence-electron chi connectivity index (χ4n) is 2.81. The van der Waals surface area contributed by atoms with Crippen molar-refractivity contribution in [3.8, 4) is 17.5 Å². The molecule has 0 unspecified atom stereocenters. The van der Waals surface area contributed by atoms with E-state index >= 15 is 0 Å². The summed E-state index contributed by atoms with van der Waals surface area (Å²) in [7, 11) is 0. The maximum Gasteiger partial charge on any atom is 0.141 e. The van der Waals surface area contributed by atoms with Gasteiger partial charge in [-0.15, -0.1) is 0 Å². The fraction of sp³-hybridized carbons (Fsp3) is 0.167. The number of halogens is 1. The van der Waals surface area contributed by atoms with Gasteiger partial charge in [0, 0.05) is 11.8 Å². The van der Waals surface area contributed by atoms with Crippen LogP contribution in [0.1, 0.15) is 29.9 Å². The van der Waals surface area contributed by atoms with Crippen LogP contribution in [0.15, 0.2) is 30.5 Å². The SMILES string of the molecule is Cc1cc(-c2[nH]nc3c(C#N)cc(N[C@@H](C)c4ccc(F)cn4)nc23)n[nH]1. The molecule has 1 atom stereocenters. The van der Waals surface area contributed by atoms with E-state index in [1.54, 1.807) is 12.1 Å². The van der Waals surface area contributed by atoms with Crippen molar-refractivity contribution in [3.63, 3.8) is 0 Å². The van der Waals surface area contributed by atoms with Gasteiger partial charge >= 0.3 is 0 Å². The monoisotopic (exact) mass is 362 g/mol. The molecule has 27 heavy (non-hydrogen) atoms. The van der Waals surface area contributed by atoms with Crippen LogP contribution >= 0.6 is 0 Å². The minimum absolute atomic E-state index is 0.231. The number of aryl methyl sites for hydroxylation is 1. The molecule has 0 radical (unpaired) electrons. The molecule has 4 heterocycles. The first-order chi connectivity index (χ1) is 13.0. The fourth-order valence-corrected chi connectivity index (χ4v) is 2.81. The van der Waals surface area contributed by atoms with Gasteiger partial charge in [-0.3, -0.25) is 15.2 Å². The zero-order valence-electron chi connectivity index (χ0n) is 14.6. The van der Waals surface area contributed by atoms with E-state index in [-0.39, 0.29) is 6.04 Å². The molecular formula is C18H15FN8. The topological polar surface area (TPSA) is 119 Å². The number of aromatic amines is 2. The van der Waals surface area contributed by atoms with Crippen LogP contribution in [0.25, 0.3) is 22.4 Å². The molecule has 0 saturated carbocycles. The summed E-state index contributed by atoms with van der Waals surface area (Å²) in [6.45, 7) is 3.78. The van der Waals surface area contributed by atoms with Crippen LogP contribution in [-0.2, 0) is 0 Å². The number of nitrogens with one attached hydrogen (secondary N) is 3. The lowest BCUT2D eigenvalue weighted by molar-refractivity contribution is 0.617. The summed E-state index contributed by atoms with van der Waals surface area (Å²) < 4.78 is 13.1. The van der Waals surface area contributed by atoms with Crippen LogP contribution in [0.2, 0.25) is 0 Å². The van der Waals surface area contributed by atoms with E-state index in [2.05, 4.69) is 41.7 Å². The Balaban J connectivity index is 1.75. The molecule has 4 aromatic rings. The summed E-state index contributed by atoms with van der Waals surface area (Å²) in [5, 5.41) is 26.9. The highest BCUT2D eigenvalue weighted by molar-refractivity contribution is 5.93. The minimum Gasteiger partial charge on any atom is -0.362 e. The van der Waals surface area contributed by atoms with Crippen LogP contribution in [0.4, 0.5) is 10.2 Å². The Bertz CT molecular complexity index is 1150. The molecule has 0 aliphatic rings. The summed E-state index contributed by atoms with van der Waals surface area (Å²) in [6, 6.07) is 8.36. The van der Waals surface area contributed by atoms with E-state index in [1.165, 1.54) is 12.3 Å². The van der Waals surface area contributed by atoms with Crippen molar-refractivity contribution >= 4 is 16.9 Å². The normalized spacial score (nSPS) is 12.1. The number of fused-ring (bicyclic) bond motifs is 1. The number of nitriles is 1. The number of nitrogens with zero attached hydrogens (tertiary/aromatic N) is 5. The summed E-state index contributed by atoms with van der Waals surface area (Å²) in [6.07, 6.45) is 1.17. The quantitative estimate of drug-likeness (QED) is 0.513. The lowest BCUT2D eigenvalue weighted by Crippen LogP contribution is -2.10. The highest BCUT2D eigenvalue weighted by Crippen LogP contribution is 2.28. The number of pyridine rings is 2. The molecule has 0 aromatic carbocycles. The Kier molecular flexibility index (Phi) is 4.01. The van der Waals surface area contributed by atoms with Gasteiger partial charge in [-0.05, 0) is 32.0 Å². The van der Waals surface area contributed by atoms with Crippen molar-refractivity contribution < 1.29 is 4.39 Å². The molecule has 9 heteroatoms. The van der Waals surface area contributed by atoms with Crippen molar-refractivity contribution in [2.24, 2.45) is 0 Å². The molecule has 0 bridgehead atoms. The number of aromatic nitrogens is 6. The lowest BCUT2D eigenvalue weighted by Gasteiger charge is -2.14. The standard InChI is InChI=1S/C18H15FN8/c1-9-5-14(25-24-9)17-18-16(26-27-17)11(7-20)6-15(23-18)22-10(2)13-4-3-12(19)8-21-13/h3-6,8,10H,1-2H3,(H,22,23)(H,24,25)(H,26,27)/t10-/m0/s1. The Labute approximate surface area is 153 Å². The van der Waals surface area contributed by atoms with Crippen LogP contribution in [-0.4, -0.2) is 30.4 Å². The van der Waals surface area contributed by atoms with Crippen LogP contribution in [0, 0.1) is 24.1 Å². The molecule has 4 rings (SSSR count). The second-order valence-corrected chi connectivity index (χ2v) is 6.17. The van der Waals surface area contributed by atoms with Gasteiger partial charge in [-0.1, -0.05) is 0 Å². The van der Waals surface area contributed by atoms with Gasteiger partial charge in [-0.25, -0.2) is 9.37 Å². The minimum atomic E-state index is -0.394. The largest absolute Gasteiger partial charge is 0.362 e. The Morgan fingerprint density at radius 3 is 2.70 bits per heavy atom. The number of rotatable bonds is 4. The number of H-pyrrole nitrogens is 2. The smallest absolute Gasteiger partial charge is 0.141 e. The lowest BCUT2D eigenvalue weighted by atomic mass is 10.1. The molecule has 0 saturated heterocycles. The van der Waals surface area contributed by atoms with Gasteiger partial charge in [0.05, 0.1) is 23.5 Å². The third-order valence-electron chi connectivity index (χ3n) is 4.15. The maximum absolute atomic E-state index is 13.1. The number of hydrogen-bond acceptors (Lipinski definition) is 6. The van der Waals surface area contributed by atoms with E-state index in [9.17, 15) is 9.65 Å². The highest BCUT2D eigenvalue weighted by atomic mass is 19.1. The molecule has 0 amide bonds. The van der Waals surface area contributed by atoms with E-state index in [1.807, 2.05) is 19.9 Å². The van der Waals surface area contributed by atoms with Crippen LogP contribution < -0.4 is 5.32 Å². The average Bonchev–Trinajstić information content (AvgIpc) is 3.27. The molecular weight excluding hydrogens is 347 g/mol. The maximum atomic E-state index is 13.1. The zero-order valence-corrected chi connectivity index (χ0v) is 14.6. The molecule has 0 spiro atoms. The van der Waals surface area contributed by atoms with E-state index in [0.29, 0.717) is 39.5 Å². The first-order valence-electron chi connectivity index (χ1n) is 8.24. The number of anilines is 1. The molecule has 4 aromatic heterocycles. The van der Waals surface area contributed by atoms with Crippen molar-refractivity contribution in [2.45, 2.75) is 19.9 Å². The van der Waals surface area contributed by atoms with E-state index in [0.717, 1.165) is 5.69 Å². The van der Waals surface area contributed by atoms with Crippen molar-refractivity contribution in [3.05, 3.63) is 53.2 Å². The second-order valence-electron chi connectivity index (χ2n) is 6.17. The van der Waals surface area contributed by atoms with Gasteiger partial charge in [0.2, 0.25) is 0 Å². The zero-order chi connectivity index (χ0) is 19.0. The van der Waals surface area contributed by atoms with E-state index in [4.69, 9.17) is 0 Å². The predicted molar refractivity (Wildman–Crippen MR) is 97.2 cm³/mol. The molecule has 3 N–H and O–H groups in total.